The smallest absolute Gasteiger partial charge is 0.338 e. The monoisotopic (exact) mass is 272 g/mol. The molecule has 1 aromatic heterocycles. The van der Waals surface area contributed by atoms with Crippen molar-refractivity contribution in [3.8, 4) is 0 Å². The third-order valence-corrected chi connectivity index (χ3v) is 3.42. The van der Waals surface area contributed by atoms with Crippen LogP contribution in [0, 0.1) is 0 Å². The molecule has 0 spiro atoms. The van der Waals surface area contributed by atoms with Gasteiger partial charge in [-0.2, -0.15) is 0 Å². The van der Waals surface area contributed by atoms with Crippen LogP contribution in [0.2, 0.25) is 0 Å². The minimum atomic E-state index is -0.367. The molecule has 1 aromatic carbocycles. The predicted octanol–water partition coefficient (Wildman–Crippen LogP) is 0.826. The van der Waals surface area contributed by atoms with Gasteiger partial charge in [-0.3, -0.25) is 0 Å². The van der Waals surface area contributed by atoms with Crippen molar-refractivity contribution in [1.29, 1.82) is 0 Å². The topological polar surface area (TPSA) is 67.3 Å². The van der Waals surface area contributed by atoms with Gasteiger partial charge >= 0.3 is 5.97 Å². The molecule has 0 aliphatic carbocycles. The number of ether oxygens (including phenoxy) is 1. The molecule has 0 bridgehead atoms. The summed E-state index contributed by atoms with van der Waals surface area (Å²) in [5.41, 5.74) is 1.26. The summed E-state index contributed by atoms with van der Waals surface area (Å²) in [4.78, 5) is 22.8. The number of nitrogens with one attached hydrogen (secondary N) is 1. The van der Waals surface area contributed by atoms with Gasteiger partial charge in [0.05, 0.1) is 18.2 Å². The Morgan fingerprint density at radius 2 is 2.15 bits per heavy atom. The maximum Gasteiger partial charge on any atom is 0.338 e. The number of anilines is 1. The Labute approximate surface area is 116 Å². The Kier molecular flexibility index (Phi) is 3.47. The lowest BCUT2D eigenvalue weighted by molar-refractivity contribution is 0.0603. The molecule has 3 rings (SSSR count). The van der Waals surface area contributed by atoms with E-state index in [0.717, 1.165) is 37.1 Å². The van der Waals surface area contributed by atoms with Gasteiger partial charge in [0, 0.05) is 37.8 Å². The van der Waals surface area contributed by atoms with Crippen molar-refractivity contribution < 1.29 is 9.53 Å². The Morgan fingerprint density at radius 3 is 2.90 bits per heavy atom. The fourth-order valence-electron chi connectivity index (χ4n) is 2.35. The van der Waals surface area contributed by atoms with Crippen molar-refractivity contribution in [2.45, 2.75) is 0 Å². The summed E-state index contributed by atoms with van der Waals surface area (Å²) in [6.45, 7) is 3.65. The first-order valence-corrected chi connectivity index (χ1v) is 6.59. The van der Waals surface area contributed by atoms with Crippen LogP contribution in [0.5, 0.6) is 0 Å². The molecule has 0 atom stereocenters. The average molecular weight is 272 g/mol. The second kappa shape index (κ2) is 5.42. The van der Waals surface area contributed by atoms with Crippen LogP contribution in [0.3, 0.4) is 0 Å². The lowest BCUT2D eigenvalue weighted by Gasteiger charge is -2.27. The summed E-state index contributed by atoms with van der Waals surface area (Å²) in [5, 5.41) is 4.02. The molecular formula is C14H16N4O2. The molecule has 0 radical (unpaired) electrons. The van der Waals surface area contributed by atoms with Gasteiger partial charge in [0.15, 0.2) is 0 Å². The number of carbonyl (C=O) groups excluding carboxylic acids is 1. The van der Waals surface area contributed by atoms with E-state index < -0.39 is 0 Å². The molecule has 0 saturated carbocycles. The van der Waals surface area contributed by atoms with Gasteiger partial charge in [0.1, 0.15) is 0 Å². The fourth-order valence-corrected chi connectivity index (χ4v) is 2.35. The zero-order valence-corrected chi connectivity index (χ0v) is 11.3. The van der Waals surface area contributed by atoms with Crippen LogP contribution in [0.1, 0.15) is 10.4 Å². The summed E-state index contributed by atoms with van der Waals surface area (Å²) in [5.74, 6) is 0.343. The van der Waals surface area contributed by atoms with Crippen molar-refractivity contribution >= 4 is 22.8 Å². The van der Waals surface area contributed by atoms with Crippen LogP contribution in [-0.2, 0) is 4.74 Å². The lowest BCUT2D eigenvalue weighted by atomic mass is 10.1. The van der Waals surface area contributed by atoms with Crippen molar-refractivity contribution in [3.63, 3.8) is 0 Å². The number of benzene rings is 1. The van der Waals surface area contributed by atoms with Crippen LogP contribution in [0.25, 0.3) is 10.9 Å². The van der Waals surface area contributed by atoms with Crippen LogP contribution in [0.15, 0.2) is 24.4 Å². The number of methoxy groups -OCH3 is 1. The first-order valence-electron chi connectivity index (χ1n) is 6.59. The van der Waals surface area contributed by atoms with Crippen LogP contribution in [-0.4, -0.2) is 49.2 Å². The largest absolute Gasteiger partial charge is 0.465 e. The number of aromatic nitrogens is 2. The first-order chi connectivity index (χ1) is 9.79. The number of nitrogens with zero attached hydrogens (tertiary/aromatic N) is 3. The molecule has 1 saturated heterocycles. The Balaban J connectivity index is 2.01. The molecule has 0 amide bonds. The molecule has 2 heterocycles. The number of hydrogen-bond acceptors (Lipinski definition) is 6. The summed E-state index contributed by atoms with van der Waals surface area (Å²) < 4.78 is 4.78. The van der Waals surface area contributed by atoms with Crippen molar-refractivity contribution in [2.75, 3.05) is 38.2 Å². The third-order valence-electron chi connectivity index (χ3n) is 3.42. The van der Waals surface area contributed by atoms with E-state index in [0.29, 0.717) is 11.5 Å². The van der Waals surface area contributed by atoms with Crippen molar-refractivity contribution in [2.24, 2.45) is 0 Å². The Bertz CT molecular complexity index is 638. The highest BCUT2D eigenvalue weighted by molar-refractivity contribution is 6.03. The van der Waals surface area contributed by atoms with E-state index in [1.54, 1.807) is 12.3 Å². The highest BCUT2D eigenvalue weighted by Gasteiger charge is 2.15. The highest BCUT2D eigenvalue weighted by Crippen LogP contribution is 2.20. The van der Waals surface area contributed by atoms with Gasteiger partial charge in [-0.15, -0.1) is 0 Å². The third kappa shape index (κ3) is 2.30. The van der Waals surface area contributed by atoms with Crippen LogP contribution < -0.4 is 10.2 Å². The SMILES string of the molecule is COC(=O)c1cccc2nc(N3CCNCC3)ncc12. The van der Waals surface area contributed by atoms with Gasteiger partial charge in [0.2, 0.25) is 5.95 Å². The van der Waals surface area contributed by atoms with E-state index >= 15 is 0 Å². The molecule has 1 aliphatic rings. The molecule has 104 valence electrons. The zero-order chi connectivity index (χ0) is 13.9. The summed E-state index contributed by atoms with van der Waals surface area (Å²) >= 11 is 0. The highest BCUT2D eigenvalue weighted by atomic mass is 16.5. The maximum absolute atomic E-state index is 11.7. The number of carbonyl (C=O) groups is 1. The number of piperazine rings is 1. The van der Waals surface area contributed by atoms with Gasteiger partial charge in [-0.05, 0) is 12.1 Å². The quantitative estimate of drug-likeness (QED) is 0.817. The van der Waals surface area contributed by atoms with Gasteiger partial charge in [0.25, 0.3) is 0 Å². The number of fused-ring (bicyclic) bond motifs is 1. The van der Waals surface area contributed by atoms with Crippen molar-refractivity contribution in [3.05, 3.63) is 30.0 Å². The molecule has 1 N–H and O–H groups in total. The summed E-state index contributed by atoms with van der Waals surface area (Å²) in [6, 6.07) is 5.42. The Hall–Kier alpha value is -2.21. The van der Waals surface area contributed by atoms with E-state index in [1.165, 1.54) is 7.11 Å². The minimum absolute atomic E-state index is 0.367. The van der Waals surface area contributed by atoms with E-state index in [2.05, 4.69) is 20.2 Å². The molecule has 20 heavy (non-hydrogen) atoms. The molecule has 2 aromatic rings. The van der Waals surface area contributed by atoms with Gasteiger partial charge in [-0.25, -0.2) is 14.8 Å². The van der Waals surface area contributed by atoms with E-state index in [9.17, 15) is 4.79 Å². The number of hydrogen-bond donors (Lipinski definition) is 1. The van der Waals surface area contributed by atoms with Gasteiger partial charge < -0.3 is 15.0 Å². The summed E-state index contributed by atoms with van der Waals surface area (Å²) in [6.07, 6.45) is 1.70. The standard InChI is InChI=1S/C14H16N4O2/c1-20-13(19)10-3-2-4-12-11(10)9-16-14(17-12)18-7-5-15-6-8-18/h2-4,9,15H,5-8H2,1H3. The maximum atomic E-state index is 11.7. The molecule has 6 nitrogen and oxygen atoms in total. The van der Waals surface area contributed by atoms with Crippen LogP contribution in [0.4, 0.5) is 5.95 Å². The van der Waals surface area contributed by atoms with E-state index in [1.807, 2.05) is 12.1 Å². The summed E-state index contributed by atoms with van der Waals surface area (Å²) in [7, 11) is 1.37. The molecule has 1 aliphatic heterocycles. The molecule has 6 heteroatoms. The second-order valence-corrected chi connectivity index (χ2v) is 4.64. The number of rotatable bonds is 2. The fraction of sp³-hybridized carbons (Fsp3) is 0.357. The first kappa shape index (κ1) is 12.8. The van der Waals surface area contributed by atoms with Crippen LogP contribution >= 0.6 is 0 Å². The average Bonchev–Trinajstić information content (AvgIpc) is 2.54. The number of esters is 1. The molecule has 0 unspecified atom stereocenters. The molecular weight excluding hydrogens is 256 g/mol. The second-order valence-electron chi connectivity index (χ2n) is 4.64. The van der Waals surface area contributed by atoms with Gasteiger partial charge in [-0.1, -0.05) is 6.07 Å². The minimum Gasteiger partial charge on any atom is -0.465 e. The molecule has 1 fully saturated rings. The van der Waals surface area contributed by atoms with E-state index in [-0.39, 0.29) is 5.97 Å². The predicted molar refractivity (Wildman–Crippen MR) is 76.0 cm³/mol. The normalized spacial score (nSPS) is 15.3. The van der Waals surface area contributed by atoms with Crippen molar-refractivity contribution in [1.82, 2.24) is 15.3 Å². The Morgan fingerprint density at radius 1 is 1.35 bits per heavy atom. The van der Waals surface area contributed by atoms with E-state index in [4.69, 9.17) is 4.74 Å². The lowest BCUT2D eigenvalue weighted by Crippen LogP contribution is -2.44. The zero-order valence-electron chi connectivity index (χ0n) is 11.3.